The molecule has 5 rings (SSSR count). The molecule has 0 bridgehead atoms. The van der Waals surface area contributed by atoms with Gasteiger partial charge in [0.2, 0.25) is 0 Å². The second-order valence-corrected chi connectivity index (χ2v) is 8.14. The fourth-order valence-electron chi connectivity index (χ4n) is 4.51. The van der Waals surface area contributed by atoms with E-state index in [2.05, 4.69) is 0 Å². The Labute approximate surface area is 162 Å². The maximum atomic E-state index is 13.4. The first-order chi connectivity index (χ1) is 13.6. The van der Waals surface area contributed by atoms with E-state index in [1.807, 2.05) is 36.4 Å². The maximum absolute atomic E-state index is 13.4. The number of carbonyl (C=O) groups excluding carboxylic acids is 1. The van der Waals surface area contributed by atoms with Crippen LogP contribution in [0.5, 0.6) is 0 Å². The summed E-state index contributed by atoms with van der Waals surface area (Å²) in [5.41, 5.74) is 1.39. The van der Waals surface area contributed by atoms with Crippen molar-refractivity contribution in [3.8, 4) is 5.69 Å². The summed E-state index contributed by atoms with van der Waals surface area (Å²) in [6.45, 7) is 1.46. The number of hydrogen-bond acceptors (Lipinski definition) is 4. The van der Waals surface area contributed by atoms with Gasteiger partial charge in [-0.05, 0) is 37.5 Å². The SMILES string of the molecule is O=C(c1cc(C2CC2)nn1-c1ccccc1)N1C[C@H]2COCC[C@@]2(C(=O)O)C1. The third kappa shape index (κ3) is 2.73. The highest BCUT2D eigenvalue weighted by atomic mass is 16.5. The van der Waals surface area contributed by atoms with Crippen molar-refractivity contribution in [1.82, 2.24) is 14.7 Å². The minimum atomic E-state index is -0.898. The first kappa shape index (κ1) is 17.4. The molecule has 0 unspecified atom stereocenters. The summed E-state index contributed by atoms with van der Waals surface area (Å²) in [6.07, 6.45) is 2.65. The van der Waals surface area contributed by atoms with E-state index >= 15 is 0 Å². The van der Waals surface area contributed by atoms with Crippen LogP contribution >= 0.6 is 0 Å². The molecule has 1 N–H and O–H groups in total. The molecule has 1 amide bonds. The first-order valence-electron chi connectivity index (χ1n) is 9.84. The number of para-hydroxylation sites is 1. The van der Waals surface area contributed by atoms with Crippen molar-refractivity contribution in [3.63, 3.8) is 0 Å². The first-order valence-corrected chi connectivity index (χ1v) is 9.84. The van der Waals surface area contributed by atoms with E-state index in [0.29, 0.717) is 37.8 Å². The summed E-state index contributed by atoms with van der Waals surface area (Å²) in [7, 11) is 0. The predicted octanol–water partition coefficient (Wildman–Crippen LogP) is 2.31. The van der Waals surface area contributed by atoms with Gasteiger partial charge in [0, 0.05) is 31.5 Å². The summed E-state index contributed by atoms with van der Waals surface area (Å²) >= 11 is 0. The zero-order chi connectivity index (χ0) is 19.3. The zero-order valence-corrected chi connectivity index (χ0v) is 15.6. The summed E-state index contributed by atoms with van der Waals surface area (Å²) in [5.74, 6) is -0.722. The molecule has 7 nitrogen and oxygen atoms in total. The number of aromatic nitrogens is 2. The average Bonchev–Trinajstić information content (AvgIpc) is 3.34. The van der Waals surface area contributed by atoms with Crippen LogP contribution in [0, 0.1) is 11.3 Å². The van der Waals surface area contributed by atoms with Crippen LogP contribution in [0.2, 0.25) is 0 Å². The fourth-order valence-corrected chi connectivity index (χ4v) is 4.51. The van der Waals surface area contributed by atoms with Crippen molar-refractivity contribution in [2.75, 3.05) is 26.3 Å². The Hall–Kier alpha value is -2.67. The molecule has 3 fully saturated rings. The molecular weight excluding hydrogens is 358 g/mol. The van der Waals surface area contributed by atoms with Crippen LogP contribution in [0.3, 0.4) is 0 Å². The Kier molecular flexibility index (Phi) is 4.01. The van der Waals surface area contributed by atoms with Gasteiger partial charge < -0.3 is 14.7 Å². The lowest BCUT2D eigenvalue weighted by Crippen LogP contribution is -2.45. The molecule has 3 aliphatic rings. The maximum Gasteiger partial charge on any atom is 0.311 e. The average molecular weight is 381 g/mol. The van der Waals surface area contributed by atoms with Gasteiger partial charge in [0.05, 0.1) is 23.4 Å². The van der Waals surface area contributed by atoms with Crippen molar-refractivity contribution in [1.29, 1.82) is 0 Å². The predicted molar refractivity (Wildman–Crippen MR) is 100 cm³/mol. The van der Waals surface area contributed by atoms with Gasteiger partial charge in [-0.1, -0.05) is 18.2 Å². The van der Waals surface area contributed by atoms with Gasteiger partial charge in [-0.3, -0.25) is 9.59 Å². The van der Waals surface area contributed by atoms with E-state index in [9.17, 15) is 14.7 Å². The standard InChI is InChI=1S/C21H23N3O4/c25-19(23-11-15-12-28-9-8-21(15,13-23)20(26)27)18-10-17(14-6-7-14)22-24(18)16-4-2-1-3-5-16/h1-5,10,14-15H,6-9,11-13H2,(H,26,27)/t15-,21+/m0/s1. The number of carboxylic acids is 1. The number of carbonyl (C=O) groups is 2. The molecule has 1 aromatic carbocycles. The van der Waals surface area contributed by atoms with Crippen LogP contribution in [0.25, 0.3) is 5.69 Å². The number of nitrogens with zero attached hydrogens (tertiary/aromatic N) is 3. The minimum absolute atomic E-state index is 0.154. The Bertz CT molecular complexity index is 921. The van der Waals surface area contributed by atoms with Crippen LogP contribution in [0.4, 0.5) is 0 Å². The highest BCUT2D eigenvalue weighted by Gasteiger charge is 2.55. The quantitative estimate of drug-likeness (QED) is 0.879. The third-order valence-corrected chi connectivity index (χ3v) is 6.36. The number of likely N-dealkylation sites (tertiary alicyclic amines) is 1. The van der Waals surface area contributed by atoms with Crippen LogP contribution in [-0.2, 0) is 9.53 Å². The number of carboxylic acid groups (broad SMARTS) is 1. The van der Waals surface area contributed by atoms with Crippen molar-refractivity contribution in [2.45, 2.75) is 25.2 Å². The van der Waals surface area contributed by atoms with E-state index in [1.165, 1.54) is 0 Å². The second kappa shape index (κ2) is 6.44. The van der Waals surface area contributed by atoms with Gasteiger partial charge in [-0.25, -0.2) is 4.68 Å². The molecule has 0 radical (unpaired) electrons. The zero-order valence-electron chi connectivity index (χ0n) is 15.6. The lowest BCUT2D eigenvalue weighted by Gasteiger charge is -2.33. The lowest BCUT2D eigenvalue weighted by molar-refractivity contribution is -0.157. The van der Waals surface area contributed by atoms with Gasteiger partial charge >= 0.3 is 5.97 Å². The van der Waals surface area contributed by atoms with E-state index < -0.39 is 11.4 Å². The molecule has 1 saturated carbocycles. The van der Waals surface area contributed by atoms with Crippen LogP contribution in [0.1, 0.15) is 41.4 Å². The van der Waals surface area contributed by atoms with Crippen molar-refractivity contribution >= 4 is 11.9 Å². The summed E-state index contributed by atoms with van der Waals surface area (Å²) in [4.78, 5) is 27.2. The normalized spacial score (nSPS) is 26.9. The van der Waals surface area contributed by atoms with Gasteiger partial charge in [0.25, 0.3) is 5.91 Å². The largest absolute Gasteiger partial charge is 0.481 e. The molecular formula is C21H23N3O4. The Morgan fingerprint density at radius 2 is 2.00 bits per heavy atom. The molecule has 2 aliphatic heterocycles. The molecule has 2 aromatic rings. The molecule has 1 aromatic heterocycles. The van der Waals surface area contributed by atoms with Gasteiger partial charge in [0.1, 0.15) is 5.69 Å². The lowest BCUT2D eigenvalue weighted by atomic mass is 9.74. The van der Waals surface area contributed by atoms with E-state index in [-0.39, 0.29) is 18.4 Å². The van der Waals surface area contributed by atoms with E-state index in [4.69, 9.17) is 9.84 Å². The number of rotatable bonds is 4. The Balaban J connectivity index is 1.49. The highest BCUT2D eigenvalue weighted by molar-refractivity contribution is 5.94. The molecule has 146 valence electrons. The molecule has 7 heteroatoms. The number of fused-ring (bicyclic) bond motifs is 1. The summed E-state index contributed by atoms with van der Waals surface area (Å²) in [5, 5.41) is 14.6. The Morgan fingerprint density at radius 1 is 1.21 bits per heavy atom. The van der Waals surface area contributed by atoms with E-state index in [0.717, 1.165) is 24.2 Å². The second-order valence-electron chi connectivity index (χ2n) is 8.14. The van der Waals surface area contributed by atoms with Gasteiger partial charge in [0.15, 0.2) is 0 Å². The van der Waals surface area contributed by atoms with E-state index in [1.54, 1.807) is 9.58 Å². The number of aliphatic carboxylic acids is 1. The van der Waals surface area contributed by atoms with Crippen molar-refractivity contribution in [3.05, 3.63) is 47.8 Å². The van der Waals surface area contributed by atoms with Crippen molar-refractivity contribution in [2.24, 2.45) is 11.3 Å². The number of hydrogen-bond donors (Lipinski definition) is 1. The minimum Gasteiger partial charge on any atom is -0.481 e. The summed E-state index contributed by atoms with van der Waals surface area (Å²) < 4.78 is 7.22. The van der Waals surface area contributed by atoms with Crippen LogP contribution in [0.15, 0.2) is 36.4 Å². The number of benzene rings is 1. The topological polar surface area (TPSA) is 84.7 Å². The number of amides is 1. The Morgan fingerprint density at radius 3 is 2.68 bits per heavy atom. The van der Waals surface area contributed by atoms with Gasteiger partial charge in [-0.15, -0.1) is 0 Å². The molecule has 2 atom stereocenters. The third-order valence-electron chi connectivity index (χ3n) is 6.36. The molecule has 0 spiro atoms. The molecule has 1 aliphatic carbocycles. The van der Waals surface area contributed by atoms with Crippen LogP contribution in [-0.4, -0.2) is 58.0 Å². The monoisotopic (exact) mass is 381 g/mol. The highest BCUT2D eigenvalue weighted by Crippen LogP contribution is 2.43. The van der Waals surface area contributed by atoms with Crippen LogP contribution < -0.4 is 0 Å². The smallest absolute Gasteiger partial charge is 0.311 e. The van der Waals surface area contributed by atoms with Gasteiger partial charge in [-0.2, -0.15) is 5.10 Å². The molecule has 28 heavy (non-hydrogen) atoms. The summed E-state index contributed by atoms with van der Waals surface area (Å²) in [6, 6.07) is 11.5. The van der Waals surface area contributed by atoms with Crippen molar-refractivity contribution < 1.29 is 19.4 Å². The fraction of sp³-hybridized carbons (Fsp3) is 0.476. The number of ether oxygens (including phenoxy) is 1. The molecule has 3 heterocycles. The molecule has 2 saturated heterocycles.